The third-order valence-corrected chi connectivity index (χ3v) is 3.13. The van der Waals surface area contributed by atoms with E-state index in [-0.39, 0.29) is 6.61 Å². The van der Waals surface area contributed by atoms with E-state index in [1.165, 1.54) is 18.3 Å². The molecule has 94 valence electrons. The van der Waals surface area contributed by atoms with Crippen LogP contribution in [0.5, 0.6) is 0 Å². The van der Waals surface area contributed by atoms with Gasteiger partial charge in [-0.3, -0.25) is 0 Å². The van der Waals surface area contributed by atoms with Crippen molar-refractivity contribution in [2.45, 2.75) is 33.6 Å². The summed E-state index contributed by atoms with van der Waals surface area (Å²) in [5, 5.41) is 0. The number of rotatable bonds is 7. The lowest BCUT2D eigenvalue weighted by atomic mass is 10.1. The minimum Gasteiger partial charge on any atom is -0.367 e. The van der Waals surface area contributed by atoms with Gasteiger partial charge >= 0.3 is 9.05 Å². The molecular weight excluding hydrogens is 224 g/mol. The number of hydrogen-bond acceptors (Lipinski definition) is 4. The second kappa shape index (κ2) is 7.75. The van der Waals surface area contributed by atoms with Gasteiger partial charge in [-0.25, -0.2) is 0 Å². The average Bonchev–Trinajstić information content (AvgIpc) is 2.17. The Hall–Kier alpha value is -0.463. The highest BCUT2D eigenvalue weighted by atomic mass is 28.4. The van der Waals surface area contributed by atoms with Gasteiger partial charge in [0, 0.05) is 7.11 Å². The van der Waals surface area contributed by atoms with Crippen LogP contribution in [-0.4, -0.2) is 32.4 Å². The maximum Gasteiger partial charge on any atom is 0.674 e. The predicted molar refractivity (Wildman–Crippen MR) is 65.6 cm³/mol. The minimum atomic E-state index is -3.85. The van der Waals surface area contributed by atoms with Crippen LogP contribution in [0, 0.1) is 0 Å². The standard InChI is InChI=1S/C11H22O4Si/c1-10(2)6-5-7-11(3)8-9-15-16(12,13)14-4/h6,8,12-13H,5,7,9H2,1-4H3/b11-8+. The molecule has 2 N–H and O–H groups in total. The summed E-state index contributed by atoms with van der Waals surface area (Å²) in [5.41, 5.74) is 2.47. The molecule has 0 saturated carbocycles. The van der Waals surface area contributed by atoms with Crippen molar-refractivity contribution in [3.63, 3.8) is 0 Å². The van der Waals surface area contributed by atoms with Gasteiger partial charge < -0.3 is 18.4 Å². The lowest BCUT2D eigenvalue weighted by Crippen LogP contribution is -2.41. The Kier molecular flexibility index (Phi) is 7.53. The smallest absolute Gasteiger partial charge is 0.367 e. The van der Waals surface area contributed by atoms with E-state index in [1.54, 1.807) is 0 Å². The fraction of sp³-hybridized carbons (Fsp3) is 0.636. The molecule has 0 rings (SSSR count). The lowest BCUT2D eigenvalue weighted by Gasteiger charge is -2.12. The normalized spacial score (nSPS) is 12.8. The molecule has 0 aliphatic rings. The Morgan fingerprint density at radius 1 is 1.19 bits per heavy atom. The molecule has 16 heavy (non-hydrogen) atoms. The molecule has 0 spiro atoms. The topological polar surface area (TPSA) is 58.9 Å². The molecule has 0 heterocycles. The summed E-state index contributed by atoms with van der Waals surface area (Å²) in [6.45, 7) is 6.30. The van der Waals surface area contributed by atoms with Gasteiger partial charge in [-0.1, -0.05) is 23.3 Å². The summed E-state index contributed by atoms with van der Waals surface area (Å²) in [7, 11) is -2.63. The first kappa shape index (κ1) is 15.5. The fourth-order valence-electron chi connectivity index (χ4n) is 1.04. The van der Waals surface area contributed by atoms with Crippen molar-refractivity contribution in [1.29, 1.82) is 0 Å². The Morgan fingerprint density at radius 2 is 1.81 bits per heavy atom. The van der Waals surface area contributed by atoms with Gasteiger partial charge in [0.25, 0.3) is 0 Å². The van der Waals surface area contributed by atoms with Gasteiger partial charge in [0.05, 0.1) is 6.61 Å². The summed E-state index contributed by atoms with van der Waals surface area (Å²) in [5.74, 6) is 0. The summed E-state index contributed by atoms with van der Waals surface area (Å²) in [6, 6.07) is 0. The van der Waals surface area contributed by atoms with E-state index in [0.29, 0.717) is 0 Å². The first-order chi connectivity index (χ1) is 7.37. The second-order valence-electron chi connectivity index (χ2n) is 3.93. The van der Waals surface area contributed by atoms with Crippen molar-refractivity contribution in [2.75, 3.05) is 13.7 Å². The first-order valence-electron chi connectivity index (χ1n) is 5.30. The summed E-state index contributed by atoms with van der Waals surface area (Å²) in [4.78, 5) is 18.2. The van der Waals surface area contributed by atoms with Gasteiger partial charge in [-0.15, -0.1) is 0 Å². The zero-order valence-corrected chi connectivity index (χ0v) is 11.5. The first-order valence-corrected chi connectivity index (χ1v) is 7.01. The zero-order valence-electron chi connectivity index (χ0n) is 10.5. The molecule has 0 fully saturated rings. The van der Waals surface area contributed by atoms with E-state index < -0.39 is 9.05 Å². The van der Waals surface area contributed by atoms with Gasteiger partial charge in [-0.05, 0) is 33.6 Å². The largest absolute Gasteiger partial charge is 0.674 e. The van der Waals surface area contributed by atoms with Crippen LogP contribution in [0.2, 0.25) is 0 Å². The monoisotopic (exact) mass is 246 g/mol. The molecule has 0 amide bonds. The quantitative estimate of drug-likeness (QED) is 0.531. The summed E-state index contributed by atoms with van der Waals surface area (Å²) >= 11 is 0. The highest BCUT2D eigenvalue weighted by molar-refractivity contribution is 6.50. The highest BCUT2D eigenvalue weighted by Gasteiger charge is 2.33. The SMILES string of the molecule is CO[Si](O)(O)OC/C=C(\C)CCC=C(C)C. The molecular formula is C11H22O4Si. The average molecular weight is 246 g/mol. The molecule has 0 bridgehead atoms. The van der Waals surface area contributed by atoms with Crippen molar-refractivity contribution >= 4 is 9.05 Å². The molecule has 0 atom stereocenters. The Morgan fingerprint density at radius 3 is 2.31 bits per heavy atom. The number of hydrogen-bond donors (Lipinski definition) is 2. The molecule has 0 aliphatic carbocycles. The summed E-state index contributed by atoms with van der Waals surface area (Å²) < 4.78 is 9.23. The van der Waals surface area contributed by atoms with Crippen molar-refractivity contribution < 1.29 is 18.4 Å². The third-order valence-electron chi connectivity index (χ3n) is 2.06. The maximum absolute atomic E-state index is 9.10. The van der Waals surface area contributed by atoms with Gasteiger partial charge in [-0.2, -0.15) is 0 Å². The molecule has 0 aliphatic heterocycles. The number of allylic oxidation sites excluding steroid dienone is 3. The van der Waals surface area contributed by atoms with Crippen LogP contribution in [0.4, 0.5) is 0 Å². The van der Waals surface area contributed by atoms with E-state index in [9.17, 15) is 0 Å². The Labute approximate surface area is 98.7 Å². The van der Waals surface area contributed by atoms with E-state index in [2.05, 4.69) is 24.3 Å². The van der Waals surface area contributed by atoms with Crippen molar-refractivity contribution in [3.05, 3.63) is 23.3 Å². The van der Waals surface area contributed by atoms with Crippen LogP contribution in [0.15, 0.2) is 23.3 Å². The fourth-order valence-corrected chi connectivity index (χ4v) is 1.46. The molecule has 4 nitrogen and oxygen atoms in total. The second-order valence-corrected chi connectivity index (χ2v) is 5.73. The molecule has 0 radical (unpaired) electrons. The highest BCUT2D eigenvalue weighted by Crippen LogP contribution is 2.07. The van der Waals surface area contributed by atoms with Crippen LogP contribution in [-0.2, 0) is 8.85 Å². The Bertz CT molecular complexity index is 255. The summed E-state index contributed by atoms with van der Waals surface area (Å²) in [6.07, 6.45) is 5.96. The van der Waals surface area contributed by atoms with Crippen molar-refractivity contribution in [1.82, 2.24) is 0 Å². The molecule has 0 aromatic carbocycles. The molecule has 0 aromatic heterocycles. The van der Waals surface area contributed by atoms with Gasteiger partial charge in [0.15, 0.2) is 0 Å². The Balaban J connectivity index is 3.83. The third kappa shape index (κ3) is 8.81. The van der Waals surface area contributed by atoms with Crippen LogP contribution < -0.4 is 0 Å². The van der Waals surface area contributed by atoms with E-state index >= 15 is 0 Å². The van der Waals surface area contributed by atoms with Gasteiger partial charge in [0.1, 0.15) is 0 Å². The molecule has 0 unspecified atom stereocenters. The van der Waals surface area contributed by atoms with Crippen LogP contribution in [0.3, 0.4) is 0 Å². The molecule has 5 heteroatoms. The molecule has 0 aromatic rings. The predicted octanol–water partition coefficient (Wildman–Crippen LogP) is 1.76. The van der Waals surface area contributed by atoms with Crippen molar-refractivity contribution in [3.8, 4) is 0 Å². The molecule has 0 saturated heterocycles. The zero-order chi connectivity index (χ0) is 12.6. The van der Waals surface area contributed by atoms with Crippen LogP contribution in [0.1, 0.15) is 33.6 Å². The lowest BCUT2D eigenvalue weighted by molar-refractivity contribution is 0.0516. The van der Waals surface area contributed by atoms with E-state index in [1.807, 2.05) is 13.0 Å². The van der Waals surface area contributed by atoms with Gasteiger partial charge in [0.2, 0.25) is 0 Å². The van der Waals surface area contributed by atoms with Crippen LogP contribution >= 0.6 is 0 Å². The van der Waals surface area contributed by atoms with E-state index in [0.717, 1.165) is 12.8 Å². The van der Waals surface area contributed by atoms with Crippen molar-refractivity contribution in [2.24, 2.45) is 0 Å². The maximum atomic E-state index is 9.10. The minimum absolute atomic E-state index is 0.174. The van der Waals surface area contributed by atoms with Crippen LogP contribution in [0.25, 0.3) is 0 Å². The van der Waals surface area contributed by atoms with E-state index in [4.69, 9.17) is 14.0 Å².